The Balaban J connectivity index is 1.60. The van der Waals surface area contributed by atoms with Crippen LogP contribution in [0.15, 0.2) is 79.4 Å². The molecule has 0 spiro atoms. The third-order valence-corrected chi connectivity index (χ3v) is 5.17. The second-order valence-electron chi connectivity index (χ2n) is 7.57. The van der Waals surface area contributed by atoms with E-state index in [0.717, 1.165) is 22.3 Å². The van der Waals surface area contributed by atoms with Gasteiger partial charge in [0.1, 0.15) is 18.2 Å². The van der Waals surface area contributed by atoms with Crippen molar-refractivity contribution in [1.29, 1.82) is 0 Å². The molecule has 0 fully saturated rings. The zero-order valence-electron chi connectivity index (χ0n) is 18.3. The van der Waals surface area contributed by atoms with E-state index in [1.54, 1.807) is 54.6 Å². The molecule has 6 nitrogen and oxygen atoms in total. The van der Waals surface area contributed by atoms with Crippen LogP contribution in [-0.4, -0.2) is 34.3 Å². The van der Waals surface area contributed by atoms with Crippen LogP contribution in [0.1, 0.15) is 21.5 Å². The van der Waals surface area contributed by atoms with Crippen molar-refractivity contribution in [2.75, 3.05) is 13.7 Å². The number of benzene rings is 2. The van der Waals surface area contributed by atoms with E-state index in [1.165, 1.54) is 12.1 Å². The van der Waals surface area contributed by atoms with E-state index in [0.29, 0.717) is 24.5 Å². The van der Waals surface area contributed by atoms with Crippen molar-refractivity contribution in [2.24, 2.45) is 0 Å². The molecule has 0 saturated carbocycles. The summed E-state index contributed by atoms with van der Waals surface area (Å²) in [5.41, 5.74) is 3.87. The first-order valence-corrected chi connectivity index (χ1v) is 10.6. The average Bonchev–Trinajstić information content (AvgIpc) is 3.32. The summed E-state index contributed by atoms with van der Waals surface area (Å²) in [7, 11) is 1.65. The van der Waals surface area contributed by atoms with Gasteiger partial charge in [-0.25, -0.2) is 4.39 Å². The average molecular weight is 445 g/mol. The number of Topliss-reactive ketones (excluding diaryl/α,β-unsaturated/α-hetero) is 1. The third kappa shape index (κ3) is 5.90. The van der Waals surface area contributed by atoms with E-state index in [-0.39, 0.29) is 24.6 Å². The van der Waals surface area contributed by atoms with Crippen LogP contribution in [0.5, 0.6) is 5.75 Å². The van der Waals surface area contributed by atoms with Crippen LogP contribution in [0, 0.1) is 5.82 Å². The largest absolute Gasteiger partial charge is 0.488 e. The second kappa shape index (κ2) is 10.7. The first-order valence-electron chi connectivity index (χ1n) is 10.6. The highest BCUT2D eigenvalue weighted by molar-refractivity contribution is 6.01. The van der Waals surface area contributed by atoms with Crippen molar-refractivity contribution in [3.8, 4) is 16.9 Å². The van der Waals surface area contributed by atoms with Crippen LogP contribution in [0.2, 0.25) is 0 Å². The van der Waals surface area contributed by atoms with Gasteiger partial charge < -0.3 is 9.47 Å². The summed E-state index contributed by atoms with van der Waals surface area (Å²) in [6.45, 7) is 1.43. The van der Waals surface area contributed by atoms with Crippen molar-refractivity contribution < 1.29 is 18.7 Å². The molecule has 2 aromatic carbocycles. The predicted octanol–water partition coefficient (Wildman–Crippen LogP) is 4.74. The van der Waals surface area contributed by atoms with E-state index in [2.05, 4.69) is 10.1 Å². The fourth-order valence-electron chi connectivity index (χ4n) is 3.40. The Morgan fingerprint density at radius 3 is 2.64 bits per heavy atom. The Kier molecular flexibility index (Phi) is 7.22. The Hall–Kier alpha value is -3.84. The molecule has 0 aliphatic heterocycles. The molecule has 0 atom stereocenters. The first-order chi connectivity index (χ1) is 16.1. The predicted molar refractivity (Wildman–Crippen MR) is 123 cm³/mol. The minimum atomic E-state index is -0.304. The summed E-state index contributed by atoms with van der Waals surface area (Å²) in [6, 6.07) is 15.3. The fourth-order valence-corrected chi connectivity index (χ4v) is 3.40. The number of pyridine rings is 1. The summed E-state index contributed by atoms with van der Waals surface area (Å²) in [5.74, 6) is 0.0935. The maximum absolute atomic E-state index is 13.2. The number of aromatic nitrogens is 3. The highest BCUT2D eigenvalue weighted by atomic mass is 19.1. The van der Waals surface area contributed by atoms with E-state index >= 15 is 0 Å². The van der Waals surface area contributed by atoms with Crippen LogP contribution in [0.25, 0.3) is 11.1 Å². The summed E-state index contributed by atoms with van der Waals surface area (Å²) in [5, 5.41) is 4.36. The molecule has 33 heavy (non-hydrogen) atoms. The number of hydrogen-bond acceptors (Lipinski definition) is 5. The Morgan fingerprint density at radius 2 is 1.88 bits per heavy atom. The minimum Gasteiger partial charge on any atom is -0.488 e. The maximum atomic E-state index is 13.2. The van der Waals surface area contributed by atoms with Crippen molar-refractivity contribution >= 4 is 5.78 Å². The zero-order chi connectivity index (χ0) is 23.0. The first kappa shape index (κ1) is 22.4. The van der Waals surface area contributed by atoms with Gasteiger partial charge in [-0.05, 0) is 47.0 Å². The third-order valence-electron chi connectivity index (χ3n) is 5.17. The van der Waals surface area contributed by atoms with Gasteiger partial charge in [0.05, 0.1) is 24.9 Å². The lowest BCUT2D eigenvalue weighted by Crippen LogP contribution is -2.08. The van der Waals surface area contributed by atoms with Crippen molar-refractivity contribution in [3.63, 3.8) is 0 Å². The highest BCUT2D eigenvalue weighted by Crippen LogP contribution is 2.28. The molecule has 0 amide bonds. The lowest BCUT2D eigenvalue weighted by atomic mass is 9.99. The number of methoxy groups -OCH3 is 1. The molecular formula is C26H24FN3O3. The van der Waals surface area contributed by atoms with Crippen LogP contribution >= 0.6 is 0 Å². The van der Waals surface area contributed by atoms with E-state index < -0.39 is 0 Å². The molecule has 0 unspecified atom stereocenters. The number of rotatable bonds is 10. The number of carbonyl (C=O) groups is 1. The molecule has 4 aromatic rings. The highest BCUT2D eigenvalue weighted by Gasteiger charge is 2.16. The van der Waals surface area contributed by atoms with E-state index in [9.17, 15) is 9.18 Å². The summed E-state index contributed by atoms with van der Waals surface area (Å²) in [4.78, 5) is 17.3. The topological polar surface area (TPSA) is 66.2 Å². The summed E-state index contributed by atoms with van der Waals surface area (Å²) >= 11 is 0. The smallest absolute Gasteiger partial charge is 0.171 e. The number of ether oxygens (including phenoxy) is 2. The molecule has 7 heteroatoms. The summed E-state index contributed by atoms with van der Waals surface area (Å²) < 4.78 is 26.1. The number of halogens is 1. The molecule has 0 N–H and O–H groups in total. The SMILES string of the molecule is COCCn1cc(-c2ccc(OCc3ccc(F)cc3)c(C(=O)Cc3cccnc3)c2)cn1. The molecule has 0 bridgehead atoms. The van der Waals surface area contributed by atoms with Gasteiger partial charge in [-0.15, -0.1) is 0 Å². The van der Waals surface area contributed by atoms with Gasteiger partial charge in [0, 0.05) is 37.7 Å². The normalized spacial score (nSPS) is 10.8. The molecule has 2 heterocycles. The Labute approximate surface area is 191 Å². The van der Waals surface area contributed by atoms with Gasteiger partial charge in [0.2, 0.25) is 0 Å². The molecule has 0 radical (unpaired) electrons. The number of hydrogen-bond donors (Lipinski definition) is 0. The molecule has 2 aromatic heterocycles. The van der Waals surface area contributed by atoms with Crippen LogP contribution in [-0.2, 0) is 24.3 Å². The van der Waals surface area contributed by atoms with Crippen LogP contribution in [0.3, 0.4) is 0 Å². The van der Waals surface area contributed by atoms with Gasteiger partial charge in [0.15, 0.2) is 5.78 Å². The molecule has 0 saturated heterocycles. The monoisotopic (exact) mass is 445 g/mol. The Bertz CT molecular complexity index is 1210. The molecule has 0 aliphatic rings. The summed E-state index contributed by atoms with van der Waals surface area (Å²) in [6.07, 6.45) is 7.24. The number of ketones is 1. The quantitative estimate of drug-likeness (QED) is 0.330. The van der Waals surface area contributed by atoms with E-state index in [1.807, 2.05) is 24.4 Å². The number of nitrogens with zero attached hydrogens (tertiary/aromatic N) is 3. The lowest BCUT2D eigenvalue weighted by molar-refractivity contribution is 0.0988. The maximum Gasteiger partial charge on any atom is 0.171 e. The zero-order valence-corrected chi connectivity index (χ0v) is 18.3. The standard InChI is InChI=1S/C26H24FN3O3/c1-32-12-11-30-17-22(16-29-30)21-6-9-26(33-18-19-4-7-23(27)8-5-19)24(14-21)25(31)13-20-3-2-10-28-15-20/h2-10,14-17H,11-13,18H2,1H3. The van der Waals surface area contributed by atoms with Gasteiger partial charge >= 0.3 is 0 Å². The van der Waals surface area contributed by atoms with Crippen LogP contribution in [0.4, 0.5) is 4.39 Å². The molecule has 168 valence electrons. The fraction of sp³-hybridized carbons (Fsp3) is 0.192. The van der Waals surface area contributed by atoms with Gasteiger partial charge in [-0.1, -0.05) is 24.3 Å². The van der Waals surface area contributed by atoms with E-state index in [4.69, 9.17) is 9.47 Å². The lowest BCUT2D eigenvalue weighted by Gasteiger charge is -2.13. The van der Waals surface area contributed by atoms with Gasteiger partial charge in [0.25, 0.3) is 0 Å². The molecular weight excluding hydrogens is 421 g/mol. The van der Waals surface area contributed by atoms with Gasteiger partial charge in [-0.3, -0.25) is 14.5 Å². The molecule has 4 rings (SSSR count). The number of carbonyl (C=O) groups excluding carboxylic acids is 1. The van der Waals surface area contributed by atoms with Crippen molar-refractivity contribution in [1.82, 2.24) is 14.8 Å². The van der Waals surface area contributed by atoms with Crippen LogP contribution < -0.4 is 4.74 Å². The van der Waals surface area contributed by atoms with Crippen molar-refractivity contribution in [2.45, 2.75) is 19.6 Å². The van der Waals surface area contributed by atoms with Crippen molar-refractivity contribution in [3.05, 3.63) is 102 Å². The minimum absolute atomic E-state index is 0.0780. The molecule has 0 aliphatic carbocycles. The Morgan fingerprint density at radius 1 is 1.03 bits per heavy atom. The second-order valence-corrected chi connectivity index (χ2v) is 7.57. The van der Waals surface area contributed by atoms with Gasteiger partial charge in [-0.2, -0.15) is 5.10 Å².